The van der Waals surface area contributed by atoms with Gasteiger partial charge in [-0.25, -0.2) is 9.78 Å². The van der Waals surface area contributed by atoms with Gasteiger partial charge in [0.05, 0.1) is 27.4 Å². The minimum absolute atomic E-state index is 0.0794. The van der Waals surface area contributed by atoms with Gasteiger partial charge in [0.2, 0.25) is 5.88 Å². The molecule has 0 aliphatic heterocycles. The second-order valence-corrected chi connectivity index (χ2v) is 6.61. The van der Waals surface area contributed by atoms with Crippen LogP contribution in [0.1, 0.15) is 24.6 Å². The highest BCUT2D eigenvalue weighted by Gasteiger charge is 2.11. The number of nitrogens with zero attached hydrogens (tertiary/aromatic N) is 2. The maximum absolute atomic E-state index is 11.6. The maximum Gasteiger partial charge on any atom is 0.515 e. The van der Waals surface area contributed by atoms with Crippen LogP contribution < -0.4 is 18.9 Å². The van der Waals surface area contributed by atoms with Crippen LogP contribution in [0.2, 0.25) is 0 Å². The first-order valence-electron chi connectivity index (χ1n) is 9.84. The fraction of sp³-hybridized carbons (Fsp3) is 0.391. The Kier molecular flexibility index (Phi) is 9.46. The molecule has 0 aliphatic carbocycles. The number of rotatable bonds is 9. The van der Waals surface area contributed by atoms with E-state index >= 15 is 0 Å². The molecule has 0 unspecified atom stereocenters. The average molecular weight is 428 g/mol. The number of benzene rings is 1. The third-order valence-electron chi connectivity index (χ3n) is 4.00. The van der Waals surface area contributed by atoms with E-state index in [-0.39, 0.29) is 12.5 Å². The lowest BCUT2D eigenvalue weighted by Crippen LogP contribution is -2.16. The largest absolute Gasteiger partial charge is 0.515 e. The van der Waals surface area contributed by atoms with E-state index in [4.69, 9.17) is 23.7 Å². The van der Waals surface area contributed by atoms with Gasteiger partial charge in [0.15, 0.2) is 22.9 Å². The van der Waals surface area contributed by atoms with E-state index in [1.165, 1.54) is 0 Å². The van der Waals surface area contributed by atoms with Gasteiger partial charge in [-0.2, -0.15) is 0 Å². The lowest BCUT2D eigenvalue weighted by atomic mass is 10.2. The minimum Gasteiger partial charge on any atom is -0.493 e. The molecular formula is C23H28N2O6. The van der Waals surface area contributed by atoms with Crippen molar-refractivity contribution >= 4 is 6.16 Å². The van der Waals surface area contributed by atoms with Crippen LogP contribution >= 0.6 is 0 Å². The molecule has 0 amide bonds. The molecule has 0 radical (unpaired) electrons. The predicted molar refractivity (Wildman–Crippen MR) is 116 cm³/mol. The van der Waals surface area contributed by atoms with Gasteiger partial charge in [-0.15, -0.1) is 0 Å². The second kappa shape index (κ2) is 12.3. The van der Waals surface area contributed by atoms with Crippen LogP contribution in [-0.4, -0.2) is 64.1 Å². The van der Waals surface area contributed by atoms with Crippen molar-refractivity contribution in [1.29, 1.82) is 0 Å². The van der Waals surface area contributed by atoms with E-state index in [0.29, 0.717) is 35.1 Å². The fourth-order valence-electron chi connectivity index (χ4n) is 2.53. The van der Waals surface area contributed by atoms with Crippen LogP contribution in [0.25, 0.3) is 0 Å². The summed E-state index contributed by atoms with van der Waals surface area (Å²) in [5, 5.41) is 0. The molecule has 2 aromatic rings. The van der Waals surface area contributed by atoms with Gasteiger partial charge in [-0.05, 0) is 57.6 Å². The smallest absolute Gasteiger partial charge is 0.493 e. The first kappa shape index (κ1) is 23.8. The van der Waals surface area contributed by atoms with Crippen molar-refractivity contribution in [2.24, 2.45) is 0 Å². The Labute approximate surface area is 183 Å². The number of hydrogen-bond donors (Lipinski definition) is 0. The van der Waals surface area contributed by atoms with Crippen LogP contribution in [-0.2, 0) is 4.74 Å². The van der Waals surface area contributed by atoms with E-state index in [1.54, 1.807) is 45.4 Å². The van der Waals surface area contributed by atoms with Crippen molar-refractivity contribution in [3.05, 3.63) is 41.6 Å². The average Bonchev–Trinajstić information content (AvgIpc) is 2.76. The number of aromatic nitrogens is 1. The Bertz CT molecular complexity index is 933. The SMILES string of the molecule is CCOC(=O)Oc1ccc(OCCCN(C)C)c(C#Cc2ccc(OC)c(OC)c2)n1. The summed E-state index contributed by atoms with van der Waals surface area (Å²) in [6.07, 6.45) is 0.0184. The highest BCUT2D eigenvalue weighted by molar-refractivity contribution is 5.63. The summed E-state index contributed by atoms with van der Waals surface area (Å²) in [5.74, 6) is 7.79. The van der Waals surface area contributed by atoms with Crippen molar-refractivity contribution in [3.63, 3.8) is 0 Å². The van der Waals surface area contributed by atoms with Crippen LogP contribution in [0.15, 0.2) is 30.3 Å². The van der Waals surface area contributed by atoms with Gasteiger partial charge in [0.1, 0.15) is 0 Å². The first-order chi connectivity index (χ1) is 15.0. The summed E-state index contributed by atoms with van der Waals surface area (Å²) >= 11 is 0. The lowest BCUT2D eigenvalue weighted by Gasteiger charge is -2.12. The highest BCUT2D eigenvalue weighted by Crippen LogP contribution is 2.27. The molecule has 0 saturated heterocycles. The summed E-state index contributed by atoms with van der Waals surface area (Å²) in [7, 11) is 7.14. The van der Waals surface area contributed by atoms with Gasteiger partial charge in [-0.3, -0.25) is 0 Å². The van der Waals surface area contributed by atoms with E-state index < -0.39 is 6.16 Å². The fourth-order valence-corrected chi connectivity index (χ4v) is 2.53. The number of carbonyl (C=O) groups excluding carboxylic acids is 1. The first-order valence-corrected chi connectivity index (χ1v) is 9.84. The normalized spacial score (nSPS) is 10.1. The molecule has 8 heteroatoms. The van der Waals surface area contributed by atoms with Crippen LogP contribution in [0.3, 0.4) is 0 Å². The zero-order chi connectivity index (χ0) is 22.6. The minimum atomic E-state index is -0.826. The van der Waals surface area contributed by atoms with E-state index in [1.807, 2.05) is 20.2 Å². The molecule has 0 fully saturated rings. The zero-order valence-electron chi connectivity index (χ0n) is 18.6. The number of methoxy groups -OCH3 is 2. The highest BCUT2D eigenvalue weighted by atomic mass is 16.7. The summed E-state index contributed by atoms with van der Waals surface area (Å²) in [4.78, 5) is 18.0. The molecule has 0 atom stereocenters. The zero-order valence-corrected chi connectivity index (χ0v) is 18.6. The number of ether oxygens (including phenoxy) is 5. The Morgan fingerprint density at radius 2 is 1.77 bits per heavy atom. The standard InChI is InChI=1S/C23H28N2O6/c1-6-29-23(26)31-22-13-12-19(30-15-7-14-25(2)3)18(24-22)10-8-17-9-11-20(27-4)21(16-17)28-5/h9,11-13,16H,6-7,14-15H2,1-5H3. The van der Waals surface area contributed by atoms with E-state index in [9.17, 15) is 4.79 Å². The summed E-state index contributed by atoms with van der Waals surface area (Å²) in [6, 6.07) is 8.57. The molecule has 0 bridgehead atoms. The molecule has 1 aromatic heterocycles. The topological polar surface area (TPSA) is 79.4 Å². The monoisotopic (exact) mass is 428 g/mol. The Balaban J connectivity index is 2.28. The van der Waals surface area contributed by atoms with Gasteiger partial charge in [-0.1, -0.05) is 5.92 Å². The molecule has 2 rings (SSSR count). The predicted octanol–water partition coefficient (Wildman–Crippen LogP) is 3.36. The molecule has 1 aromatic carbocycles. The lowest BCUT2D eigenvalue weighted by molar-refractivity contribution is 0.102. The van der Waals surface area contributed by atoms with Gasteiger partial charge < -0.3 is 28.6 Å². The summed E-state index contributed by atoms with van der Waals surface area (Å²) < 4.78 is 26.3. The molecule has 31 heavy (non-hydrogen) atoms. The number of pyridine rings is 1. The number of hydrogen-bond acceptors (Lipinski definition) is 8. The van der Waals surface area contributed by atoms with Crippen molar-refractivity contribution in [2.45, 2.75) is 13.3 Å². The number of carbonyl (C=O) groups is 1. The molecular weight excluding hydrogens is 400 g/mol. The van der Waals surface area contributed by atoms with Gasteiger partial charge in [0, 0.05) is 18.2 Å². The van der Waals surface area contributed by atoms with Gasteiger partial charge >= 0.3 is 6.16 Å². The third kappa shape index (κ3) is 7.72. The maximum atomic E-state index is 11.6. The van der Waals surface area contributed by atoms with Crippen molar-refractivity contribution in [2.75, 3.05) is 48.1 Å². The molecule has 0 saturated carbocycles. The van der Waals surface area contributed by atoms with E-state index in [2.05, 4.69) is 21.7 Å². The van der Waals surface area contributed by atoms with Gasteiger partial charge in [0.25, 0.3) is 0 Å². The Morgan fingerprint density at radius 3 is 2.45 bits per heavy atom. The van der Waals surface area contributed by atoms with Crippen molar-refractivity contribution < 1.29 is 28.5 Å². The van der Waals surface area contributed by atoms with E-state index in [0.717, 1.165) is 13.0 Å². The Morgan fingerprint density at radius 1 is 1.03 bits per heavy atom. The van der Waals surface area contributed by atoms with Crippen LogP contribution in [0, 0.1) is 11.8 Å². The molecule has 8 nitrogen and oxygen atoms in total. The van der Waals surface area contributed by atoms with Crippen LogP contribution in [0.5, 0.6) is 23.1 Å². The quantitative estimate of drug-likeness (QED) is 0.342. The summed E-state index contributed by atoms with van der Waals surface area (Å²) in [5.41, 5.74) is 1.05. The molecule has 0 N–H and O–H groups in total. The second-order valence-electron chi connectivity index (χ2n) is 6.61. The molecule has 166 valence electrons. The van der Waals surface area contributed by atoms with Crippen LogP contribution in [0.4, 0.5) is 4.79 Å². The van der Waals surface area contributed by atoms with Crippen molar-refractivity contribution in [3.8, 4) is 35.0 Å². The molecule has 1 heterocycles. The molecule has 0 spiro atoms. The van der Waals surface area contributed by atoms with Crippen molar-refractivity contribution in [1.82, 2.24) is 9.88 Å². The Hall–Kier alpha value is -3.44. The summed E-state index contributed by atoms with van der Waals surface area (Å²) in [6.45, 7) is 3.30. The third-order valence-corrected chi connectivity index (χ3v) is 4.00. The molecule has 0 aliphatic rings.